The van der Waals surface area contributed by atoms with Gasteiger partial charge in [0.25, 0.3) is 0 Å². The number of hydrogen-bond donors (Lipinski definition) is 1. The molecule has 0 radical (unpaired) electrons. The zero-order valence-electron chi connectivity index (χ0n) is 10.8. The van der Waals surface area contributed by atoms with Crippen LogP contribution in [0.15, 0.2) is 0 Å². The SMILES string of the molecule is CCCC1CNCCN1CC(CC)CC. The number of rotatable bonds is 6. The van der Waals surface area contributed by atoms with Crippen molar-refractivity contribution in [3.63, 3.8) is 0 Å². The molecule has 0 aromatic carbocycles. The molecule has 2 nitrogen and oxygen atoms in total. The van der Waals surface area contributed by atoms with Crippen LogP contribution in [0.25, 0.3) is 0 Å². The fourth-order valence-electron chi connectivity index (χ4n) is 2.54. The van der Waals surface area contributed by atoms with Crippen LogP contribution in [0.3, 0.4) is 0 Å². The molecule has 0 saturated carbocycles. The van der Waals surface area contributed by atoms with E-state index in [2.05, 4.69) is 31.0 Å². The molecule has 1 atom stereocenters. The van der Waals surface area contributed by atoms with E-state index in [1.807, 2.05) is 0 Å². The quantitative estimate of drug-likeness (QED) is 0.728. The summed E-state index contributed by atoms with van der Waals surface area (Å²) in [6.45, 7) is 11.9. The normalized spacial score (nSPS) is 23.6. The molecule has 1 N–H and O–H groups in total. The standard InChI is InChI=1S/C13H28N2/c1-4-7-13-10-14-8-9-15(13)11-12(5-2)6-3/h12-14H,4-11H2,1-3H3. The smallest absolute Gasteiger partial charge is 0.0221 e. The fraction of sp³-hybridized carbons (Fsp3) is 1.00. The van der Waals surface area contributed by atoms with Crippen LogP contribution in [0.1, 0.15) is 46.5 Å². The molecule has 2 heteroatoms. The van der Waals surface area contributed by atoms with Crippen molar-refractivity contribution in [2.45, 2.75) is 52.5 Å². The van der Waals surface area contributed by atoms with Crippen LogP contribution in [0.5, 0.6) is 0 Å². The lowest BCUT2D eigenvalue weighted by atomic mass is 10.00. The summed E-state index contributed by atoms with van der Waals surface area (Å²) in [5.74, 6) is 0.905. The van der Waals surface area contributed by atoms with Gasteiger partial charge in [-0.15, -0.1) is 0 Å². The summed E-state index contributed by atoms with van der Waals surface area (Å²) < 4.78 is 0. The lowest BCUT2D eigenvalue weighted by Gasteiger charge is -2.38. The Morgan fingerprint density at radius 2 is 2.00 bits per heavy atom. The first-order valence-electron chi connectivity index (χ1n) is 6.76. The molecule has 15 heavy (non-hydrogen) atoms. The molecule has 0 amide bonds. The van der Waals surface area contributed by atoms with Crippen LogP contribution >= 0.6 is 0 Å². The zero-order valence-corrected chi connectivity index (χ0v) is 10.8. The molecule has 90 valence electrons. The Labute approximate surface area is 95.4 Å². The Morgan fingerprint density at radius 1 is 1.27 bits per heavy atom. The first kappa shape index (κ1) is 13.0. The summed E-state index contributed by atoms with van der Waals surface area (Å²) >= 11 is 0. The van der Waals surface area contributed by atoms with E-state index in [0.717, 1.165) is 12.0 Å². The van der Waals surface area contributed by atoms with Gasteiger partial charge in [0.15, 0.2) is 0 Å². The van der Waals surface area contributed by atoms with Crippen LogP contribution in [0.4, 0.5) is 0 Å². The maximum absolute atomic E-state index is 3.52. The predicted octanol–water partition coefficient (Wildman–Crippen LogP) is 2.50. The average molecular weight is 212 g/mol. The first-order chi connectivity index (χ1) is 7.31. The molecule has 1 aliphatic heterocycles. The van der Waals surface area contributed by atoms with Gasteiger partial charge in [0.1, 0.15) is 0 Å². The van der Waals surface area contributed by atoms with Crippen molar-refractivity contribution in [1.82, 2.24) is 10.2 Å². The summed E-state index contributed by atoms with van der Waals surface area (Å²) in [6.07, 6.45) is 5.33. The van der Waals surface area contributed by atoms with Gasteiger partial charge in [-0.1, -0.05) is 40.0 Å². The largest absolute Gasteiger partial charge is 0.314 e. The third kappa shape index (κ3) is 4.12. The molecule has 0 bridgehead atoms. The lowest BCUT2D eigenvalue weighted by molar-refractivity contribution is 0.126. The molecule has 0 aliphatic carbocycles. The van der Waals surface area contributed by atoms with Crippen LogP contribution in [0.2, 0.25) is 0 Å². The Hall–Kier alpha value is -0.0800. The number of piperazine rings is 1. The van der Waals surface area contributed by atoms with Crippen molar-refractivity contribution in [2.24, 2.45) is 5.92 Å². The lowest BCUT2D eigenvalue weighted by Crippen LogP contribution is -2.52. The van der Waals surface area contributed by atoms with Crippen molar-refractivity contribution in [3.8, 4) is 0 Å². The van der Waals surface area contributed by atoms with Crippen molar-refractivity contribution < 1.29 is 0 Å². The van der Waals surface area contributed by atoms with Crippen LogP contribution in [-0.4, -0.2) is 37.1 Å². The number of nitrogens with zero attached hydrogens (tertiary/aromatic N) is 1. The van der Waals surface area contributed by atoms with Crippen molar-refractivity contribution in [3.05, 3.63) is 0 Å². The molecule has 0 aromatic heterocycles. The van der Waals surface area contributed by atoms with Crippen molar-refractivity contribution >= 4 is 0 Å². The maximum Gasteiger partial charge on any atom is 0.0221 e. The Bertz CT molecular complexity index is 153. The highest BCUT2D eigenvalue weighted by Gasteiger charge is 2.22. The van der Waals surface area contributed by atoms with Crippen LogP contribution < -0.4 is 5.32 Å². The molecule has 1 unspecified atom stereocenters. The Kier molecular flexibility index (Phi) is 6.26. The van der Waals surface area contributed by atoms with Gasteiger partial charge in [0.05, 0.1) is 0 Å². The van der Waals surface area contributed by atoms with Gasteiger partial charge in [-0.05, 0) is 12.3 Å². The third-order valence-corrected chi connectivity index (χ3v) is 3.74. The van der Waals surface area contributed by atoms with Crippen LogP contribution in [0, 0.1) is 5.92 Å². The van der Waals surface area contributed by atoms with Gasteiger partial charge in [0, 0.05) is 32.2 Å². The molecule has 1 saturated heterocycles. The van der Waals surface area contributed by atoms with E-state index in [0.29, 0.717) is 0 Å². The highest BCUT2D eigenvalue weighted by atomic mass is 15.2. The summed E-state index contributed by atoms with van der Waals surface area (Å²) in [7, 11) is 0. The molecular formula is C13H28N2. The van der Waals surface area contributed by atoms with E-state index >= 15 is 0 Å². The monoisotopic (exact) mass is 212 g/mol. The van der Waals surface area contributed by atoms with E-state index in [9.17, 15) is 0 Å². The second kappa shape index (κ2) is 7.24. The Morgan fingerprint density at radius 3 is 2.60 bits per heavy atom. The van der Waals surface area contributed by atoms with E-state index in [-0.39, 0.29) is 0 Å². The molecule has 1 heterocycles. The summed E-state index contributed by atoms with van der Waals surface area (Å²) in [5.41, 5.74) is 0. The molecule has 1 aliphatic rings. The molecule has 1 fully saturated rings. The zero-order chi connectivity index (χ0) is 11.1. The summed E-state index contributed by atoms with van der Waals surface area (Å²) in [5, 5.41) is 3.52. The first-order valence-corrected chi connectivity index (χ1v) is 6.76. The minimum Gasteiger partial charge on any atom is -0.314 e. The summed E-state index contributed by atoms with van der Waals surface area (Å²) in [6, 6.07) is 0.796. The van der Waals surface area contributed by atoms with Gasteiger partial charge in [-0.3, -0.25) is 4.90 Å². The Balaban J connectivity index is 2.40. The van der Waals surface area contributed by atoms with Crippen molar-refractivity contribution in [1.29, 1.82) is 0 Å². The second-order valence-corrected chi connectivity index (χ2v) is 4.82. The highest BCUT2D eigenvalue weighted by Crippen LogP contribution is 2.15. The van der Waals surface area contributed by atoms with Crippen LogP contribution in [-0.2, 0) is 0 Å². The molecular weight excluding hydrogens is 184 g/mol. The minimum atomic E-state index is 0.796. The van der Waals surface area contributed by atoms with E-state index in [4.69, 9.17) is 0 Å². The predicted molar refractivity (Wildman–Crippen MR) is 67.2 cm³/mol. The number of hydrogen-bond acceptors (Lipinski definition) is 2. The van der Waals surface area contributed by atoms with E-state index in [1.165, 1.54) is 51.9 Å². The second-order valence-electron chi connectivity index (χ2n) is 4.82. The van der Waals surface area contributed by atoms with E-state index in [1.54, 1.807) is 0 Å². The third-order valence-electron chi connectivity index (χ3n) is 3.74. The molecule has 0 spiro atoms. The minimum absolute atomic E-state index is 0.796. The average Bonchev–Trinajstić information content (AvgIpc) is 2.28. The van der Waals surface area contributed by atoms with Crippen molar-refractivity contribution in [2.75, 3.05) is 26.2 Å². The molecule has 1 rings (SSSR count). The topological polar surface area (TPSA) is 15.3 Å². The molecule has 0 aromatic rings. The van der Waals surface area contributed by atoms with Gasteiger partial charge >= 0.3 is 0 Å². The van der Waals surface area contributed by atoms with Gasteiger partial charge in [-0.25, -0.2) is 0 Å². The fourth-order valence-corrected chi connectivity index (χ4v) is 2.54. The number of nitrogens with one attached hydrogen (secondary N) is 1. The van der Waals surface area contributed by atoms with Gasteiger partial charge in [-0.2, -0.15) is 0 Å². The highest BCUT2D eigenvalue weighted by molar-refractivity contribution is 4.80. The van der Waals surface area contributed by atoms with E-state index < -0.39 is 0 Å². The summed E-state index contributed by atoms with van der Waals surface area (Å²) in [4.78, 5) is 2.72. The van der Waals surface area contributed by atoms with Gasteiger partial charge < -0.3 is 5.32 Å². The van der Waals surface area contributed by atoms with Gasteiger partial charge in [0.2, 0.25) is 0 Å². The maximum atomic E-state index is 3.52.